The van der Waals surface area contributed by atoms with Crippen LogP contribution in [0.5, 0.6) is 0 Å². The van der Waals surface area contributed by atoms with Gasteiger partial charge in [0, 0.05) is 0 Å². The van der Waals surface area contributed by atoms with E-state index in [1.54, 1.807) is 0 Å². The molecule has 0 heterocycles. The molecular weight excluding hydrogens is 164 g/mol. The first-order chi connectivity index (χ1) is 6.16. The fraction of sp³-hybridized carbons (Fsp3) is 0.727. The van der Waals surface area contributed by atoms with Gasteiger partial charge in [0.1, 0.15) is 0 Å². The summed E-state index contributed by atoms with van der Waals surface area (Å²) in [5.74, 6) is -0.139. The second-order valence-electron chi connectivity index (χ2n) is 4.20. The molecule has 0 spiro atoms. The van der Waals surface area contributed by atoms with Gasteiger partial charge >= 0.3 is 5.97 Å². The van der Waals surface area contributed by atoms with Crippen LogP contribution in [0.1, 0.15) is 45.4 Å². The Morgan fingerprint density at radius 1 is 1.46 bits per heavy atom. The Labute approximate surface area is 80.0 Å². The van der Waals surface area contributed by atoms with Gasteiger partial charge in [-0.2, -0.15) is 0 Å². The summed E-state index contributed by atoms with van der Waals surface area (Å²) in [7, 11) is 0. The molecule has 1 fully saturated rings. The quantitative estimate of drug-likeness (QED) is 0.495. The summed E-state index contributed by atoms with van der Waals surface area (Å²) in [5, 5.41) is 0. The zero-order valence-electron chi connectivity index (χ0n) is 8.34. The number of rotatable bonds is 3. The summed E-state index contributed by atoms with van der Waals surface area (Å²) in [6.45, 7) is 5.55. The Bertz CT molecular complexity index is 190. The Morgan fingerprint density at radius 3 is 2.62 bits per heavy atom. The number of ether oxygens (including phenoxy) is 1. The molecule has 1 aliphatic carbocycles. The SMILES string of the molecule is C=COC(=O)CC1(C)CCCCC1. The molecule has 0 radical (unpaired) electrons. The molecule has 0 bridgehead atoms. The van der Waals surface area contributed by atoms with Crippen molar-refractivity contribution in [3.05, 3.63) is 12.8 Å². The lowest BCUT2D eigenvalue weighted by Gasteiger charge is -2.32. The van der Waals surface area contributed by atoms with Gasteiger partial charge in [-0.1, -0.05) is 32.8 Å². The van der Waals surface area contributed by atoms with Crippen molar-refractivity contribution in [2.24, 2.45) is 5.41 Å². The second-order valence-corrected chi connectivity index (χ2v) is 4.20. The van der Waals surface area contributed by atoms with Crippen molar-refractivity contribution in [3.8, 4) is 0 Å². The molecule has 2 heteroatoms. The fourth-order valence-corrected chi connectivity index (χ4v) is 2.07. The van der Waals surface area contributed by atoms with Crippen molar-refractivity contribution in [1.82, 2.24) is 0 Å². The number of carbonyl (C=O) groups excluding carboxylic acids is 1. The van der Waals surface area contributed by atoms with Crippen molar-refractivity contribution >= 4 is 5.97 Å². The van der Waals surface area contributed by atoms with Crippen molar-refractivity contribution in [1.29, 1.82) is 0 Å². The predicted octanol–water partition coefficient (Wildman–Crippen LogP) is 3.03. The first-order valence-corrected chi connectivity index (χ1v) is 4.97. The van der Waals surface area contributed by atoms with Gasteiger partial charge in [-0.3, -0.25) is 4.79 Å². The zero-order chi connectivity index (χ0) is 9.73. The maximum atomic E-state index is 11.2. The maximum Gasteiger partial charge on any atom is 0.311 e. The van der Waals surface area contributed by atoms with Crippen LogP contribution in [0.15, 0.2) is 12.8 Å². The fourth-order valence-electron chi connectivity index (χ4n) is 2.07. The average Bonchev–Trinajstić information content (AvgIpc) is 2.04. The lowest BCUT2D eigenvalue weighted by atomic mass is 9.73. The van der Waals surface area contributed by atoms with Gasteiger partial charge < -0.3 is 4.74 Å². The summed E-state index contributed by atoms with van der Waals surface area (Å²) < 4.78 is 4.73. The number of carbonyl (C=O) groups is 1. The average molecular weight is 182 g/mol. The molecule has 0 saturated heterocycles. The van der Waals surface area contributed by atoms with Gasteiger partial charge in [-0.15, -0.1) is 0 Å². The van der Waals surface area contributed by atoms with Gasteiger partial charge in [0.15, 0.2) is 0 Å². The minimum Gasteiger partial charge on any atom is -0.435 e. The molecule has 2 nitrogen and oxygen atoms in total. The summed E-state index contributed by atoms with van der Waals surface area (Å²) in [4.78, 5) is 11.2. The molecule has 0 aromatic carbocycles. The number of esters is 1. The third kappa shape index (κ3) is 3.21. The van der Waals surface area contributed by atoms with Crippen LogP contribution in [0.4, 0.5) is 0 Å². The monoisotopic (exact) mass is 182 g/mol. The highest BCUT2D eigenvalue weighted by Gasteiger charge is 2.29. The molecule has 0 unspecified atom stereocenters. The van der Waals surface area contributed by atoms with Crippen molar-refractivity contribution in [3.63, 3.8) is 0 Å². The van der Waals surface area contributed by atoms with Gasteiger partial charge in [0.2, 0.25) is 0 Å². The highest BCUT2D eigenvalue weighted by atomic mass is 16.5. The molecule has 0 aromatic rings. The second kappa shape index (κ2) is 4.45. The van der Waals surface area contributed by atoms with Crippen LogP contribution < -0.4 is 0 Å². The van der Waals surface area contributed by atoms with E-state index in [4.69, 9.17) is 4.74 Å². The first kappa shape index (κ1) is 10.3. The first-order valence-electron chi connectivity index (χ1n) is 4.97. The van der Waals surface area contributed by atoms with Crippen LogP contribution in [-0.2, 0) is 9.53 Å². The highest BCUT2D eigenvalue weighted by molar-refractivity contribution is 5.70. The maximum absolute atomic E-state index is 11.2. The standard InChI is InChI=1S/C11H18O2/c1-3-13-10(12)9-11(2)7-5-4-6-8-11/h3H,1,4-9H2,2H3. The third-order valence-corrected chi connectivity index (χ3v) is 2.85. The van der Waals surface area contributed by atoms with Crippen molar-refractivity contribution < 1.29 is 9.53 Å². The molecule has 0 aliphatic heterocycles. The molecule has 1 saturated carbocycles. The smallest absolute Gasteiger partial charge is 0.311 e. The highest BCUT2D eigenvalue weighted by Crippen LogP contribution is 2.38. The summed E-state index contributed by atoms with van der Waals surface area (Å²) in [6.07, 6.45) is 7.87. The molecule has 1 rings (SSSR count). The van der Waals surface area contributed by atoms with E-state index < -0.39 is 0 Å². The minimum atomic E-state index is -0.139. The Balaban J connectivity index is 2.40. The van der Waals surface area contributed by atoms with Gasteiger partial charge in [-0.25, -0.2) is 0 Å². The molecule has 13 heavy (non-hydrogen) atoms. The molecule has 0 amide bonds. The van der Waals surface area contributed by atoms with Crippen LogP contribution in [-0.4, -0.2) is 5.97 Å². The Hall–Kier alpha value is -0.790. The van der Waals surface area contributed by atoms with E-state index in [-0.39, 0.29) is 11.4 Å². The van der Waals surface area contributed by atoms with Crippen LogP contribution in [0.2, 0.25) is 0 Å². The van der Waals surface area contributed by atoms with Gasteiger partial charge in [0.05, 0.1) is 12.7 Å². The molecular formula is C11H18O2. The number of hydrogen-bond acceptors (Lipinski definition) is 2. The third-order valence-electron chi connectivity index (χ3n) is 2.85. The summed E-state index contributed by atoms with van der Waals surface area (Å²) in [6, 6.07) is 0. The Kier molecular flexibility index (Phi) is 3.52. The van der Waals surface area contributed by atoms with E-state index in [1.807, 2.05) is 0 Å². The predicted molar refractivity (Wildman–Crippen MR) is 52.1 cm³/mol. The van der Waals surface area contributed by atoms with Crippen LogP contribution in [0.3, 0.4) is 0 Å². The van der Waals surface area contributed by atoms with E-state index in [2.05, 4.69) is 13.5 Å². The molecule has 74 valence electrons. The van der Waals surface area contributed by atoms with Crippen LogP contribution >= 0.6 is 0 Å². The largest absolute Gasteiger partial charge is 0.435 e. The molecule has 0 aromatic heterocycles. The molecule has 1 aliphatic rings. The van der Waals surface area contributed by atoms with E-state index in [0.29, 0.717) is 6.42 Å². The minimum absolute atomic E-state index is 0.139. The van der Waals surface area contributed by atoms with Crippen molar-refractivity contribution in [2.45, 2.75) is 45.4 Å². The Morgan fingerprint density at radius 2 is 2.08 bits per heavy atom. The summed E-state index contributed by atoms with van der Waals surface area (Å²) >= 11 is 0. The number of hydrogen-bond donors (Lipinski definition) is 0. The lowest BCUT2D eigenvalue weighted by Crippen LogP contribution is -2.24. The van der Waals surface area contributed by atoms with Crippen LogP contribution in [0, 0.1) is 5.41 Å². The zero-order valence-corrected chi connectivity index (χ0v) is 8.34. The van der Waals surface area contributed by atoms with Gasteiger partial charge in [0.25, 0.3) is 0 Å². The van der Waals surface area contributed by atoms with E-state index in [1.165, 1.54) is 25.5 Å². The van der Waals surface area contributed by atoms with Crippen LogP contribution in [0.25, 0.3) is 0 Å². The van der Waals surface area contributed by atoms with Gasteiger partial charge in [-0.05, 0) is 18.3 Å². The van der Waals surface area contributed by atoms with E-state index in [0.717, 1.165) is 12.8 Å². The van der Waals surface area contributed by atoms with E-state index >= 15 is 0 Å². The summed E-state index contributed by atoms with van der Waals surface area (Å²) in [5.41, 5.74) is 0.179. The van der Waals surface area contributed by atoms with E-state index in [9.17, 15) is 4.79 Å². The lowest BCUT2D eigenvalue weighted by molar-refractivity contribution is -0.141. The molecule has 0 atom stereocenters. The topological polar surface area (TPSA) is 26.3 Å². The molecule has 0 N–H and O–H groups in total. The normalized spacial score (nSPS) is 20.7. The van der Waals surface area contributed by atoms with Crippen molar-refractivity contribution in [2.75, 3.05) is 0 Å².